The Kier molecular flexibility index (Phi) is 4.28. The molecule has 3 nitrogen and oxygen atoms in total. The fourth-order valence-corrected chi connectivity index (χ4v) is 1.90. The summed E-state index contributed by atoms with van der Waals surface area (Å²) in [5, 5.41) is 3.00. The van der Waals surface area contributed by atoms with E-state index in [0.29, 0.717) is 17.2 Å². The summed E-state index contributed by atoms with van der Waals surface area (Å²) in [5.41, 5.74) is 1.59. The maximum Gasteiger partial charge on any atom is 0.255 e. The number of furan rings is 1. The molecular formula is C17H21NO2. The Balaban J connectivity index is 2.22. The standard InChI is InChI=1S/C17H21NO2/c1-11(2)12(3)18-17(19)15-10-16(20-13(15)4)14-8-6-5-7-9-14/h5-12H,1-4H3,(H,18,19). The van der Waals surface area contributed by atoms with E-state index in [-0.39, 0.29) is 11.9 Å². The van der Waals surface area contributed by atoms with Crippen LogP contribution in [0.5, 0.6) is 0 Å². The van der Waals surface area contributed by atoms with Gasteiger partial charge in [-0.05, 0) is 25.8 Å². The van der Waals surface area contributed by atoms with Gasteiger partial charge in [0.2, 0.25) is 0 Å². The SMILES string of the molecule is Cc1oc(-c2ccccc2)cc1C(=O)NC(C)C(C)C. The van der Waals surface area contributed by atoms with Gasteiger partial charge in [0.25, 0.3) is 5.91 Å². The molecule has 2 rings (SSSR count). The van der Waals surface area contributed by atoms with E-state index in [1.54, 1.807) is 0 Å². The largest absolute Gasteiger partial charge is 0.461 e. The van der Waals surface area contributed by atoms with Gasteiger partial charge in [0.1, 0.15) is 11.5 Å². The van der Waals surface area contributed by atoms with Crippen LogP contribution in [0.4, 0.5) is 0 Å². The van der Waals surface area contributed by atoms with Crippen molar-refractivity contribution >= 4 is 5.91 Å². The van der Waals surface area contributed by atoms with Crippen molar-refractivity contribution in [2.45, 2.75) is 33.7 Å². The summed E-state index contributed by atoms with van der Waals surface area (Å²) in [6.07, 6.45) is 0. The zero-order chi connectivity index (χ0) is 14.7. The highest BCUT2D eigenvalue weighted by molar-refractivity contribution is 5.96. The fourth-order valence-electron chi connectivity index (χ4n) is 1.90. The highest BCUT2D eigenvalue weighted by atomic mass is 16.3. The van der Waals surface area contributed by atoms with Gasteiger partial charge in [0.15, 0.2) is 0 Å². The molecule has 0 radical (unpaired) electrons. The van der Waals surface area contributed by atoms with Gasteiger partial charge < -0.3 is 9.73 Å². The minimum absolute atomic E-state index is 0.0744. The van der Waals surface area contributed by atoms with Crippen molar-refractivity contribution in [3.8, 4) is 11.3 Å². The monoisotopic (exact) mass is 271 g/mol. The smallest absolute Gasteiger partial charge is 0.255 e. The van der Waals surface area contributed by atoms with E-state index in [0.717, 1.165) is 11.3 Å². The molecule has 20 heavy (non-hydrogen) atoms. The second-order valence-electron chi connectivity index (χ2n) is 5.45. The van der Waals surface area contributed by atoms with Gasteiger partial charge in [-0.3, -0.25) is 4.79 Å². The third-order valence-electron chi connectivity index (χ3n) is 3.58. The summed E-state index contributed by atoms with van der Waals surface area (Å²) in [4.78, 5) is 12.3. The van der Waals surface area contributed by atoms with Gasteiger partial charge in [-0.25, -0.2) is 0 Å². The minimum Gasteiger partial charge on any atom is -0.461 e. The van der Waals surface area contributed by atoms with Crippen molar-refractivity contribution in [3.63, 3.8) is 0 Å². The lowest BCUT2D eigenvalue weighted by molar-refractivity contribution is 0.0929. The number of nitrogens with one attached hydrogen (secondary N) is 1. The molecule has 2 aromatic rings. The molecule has 1 amide bonds. The lowest BCUT2D eigenvalue weighted by atomic mass is 10.1. The topological polar surface area (TPSA) is 42.2 Å². The van der Waals surface area contributed by atoms with Crippen LogP contribution >= 0.6 is 0 Å². The predicted molar refractivity (Wildman–Crippen MR) is 80.6 cm³/mol. The summed E-state index contributed by atoms with van der Waals surface area (Å²) in [5.74, 6) is 1.71. The third-order valence-corrected chi connectivity index (χ3v) is 3.58. The molecule has 0 aliphatic carbocycles. The van der Waals surface area contributed by atoms with E-state index in [2.05, 4.69) is 19.2 Å². The van der Waals surface area contributed by atoms with E-state index in [1.807, 2.05) is 50.2 Å². The van der Waals surface area contributed by atoms with Crippen molar-refractivity contribution in [3.05, 3.63) is 47.7 Å². The van der Waals surface area contributed by atoms with Gasteiger partial charge >= 0.3 is 0 Å². The molecule has 0 aliphatic heterocycles. The molecule has 0 fully saturated rings. The molecule has 1 atom stereocenters. The molecule has 1 heterocycles. The molecule has 0 spiro atoms. The average Bonchev–Trinajstić information content (AvgIpc) is 2.81. The van der Waals surface area contributed by atoms with Gasteiger partial charge in [0, 0.05) is 11.6 Å². The molecule has 0 saturated heterocycles. The Hall–Kier alpha value is -2.03. The molecule has 0 bridgehead atoms. The van der Waals surface area contributed by atoms with Crippen LogP contribution in [0.2, 0.25) is 0 Å². The molecular weight excluding hydrogens is 250 g/mol. The summed E-state index contributed by atoms with van der Waals surface area (Å²) in [7, 11) is 0. The Morgan fingerprint density at radius 3 is 2.40 bits per heavy atom. The predicted octanol–water partition coefficient (Wildman–Crippen LogP) is 4.03. The molecule has 3 heteroatoms. The molecule has 1 aromatic heterocycles. The fraction of sp³-hybridized carbons (Fsp3) is 0.353. The maximum atomic E-state index is 12.3. The van der Waals surface area contributed by atoms with Crippen LogP contribution < -0.4 is 5.32 Å². The van der Waals surface area contributed by atoms with Crippen molar-refractivity contribution in [2.75, 3.05) is 0 Å². The number of rotatable bonds is 4. The first-order valence-corrected chi connectivity index (χ1v) is 6.95. The molecule has 0 aliphatic rings. The number of benzene rings is 1. The molecule has 1 unspecified atom stereocenters. The van der Waals surface area contributed by atoms with E-state index >= 15 is 0 Å². The first-order valence-electron chi connectivity index (χ1n) is 6.95. The molecule has 106 valence electrons. The third kappa shape index (κ3) is 3.10. The van der Waals surface area contributed by atoms with Crippen LogP contribution in [0.25, 0.3) is 11.3 Å². The van der Waals surface area contributed by atoms with Crippen LogP contribution in [0.3, 0.4) is 0 Å². The second kappa shape index (κ2) is 5.95. The Labute approximate surface area is 120 Å². The van der Waals surface area contributed by atoms with Gasteiger partial charge in [-0.15, -0.1) is 0 Å². The van der Waals surface area contributed by atoms with Crippen LogP contribution in [-0.2, 0) is 0 Å². The highest BCUT2D eigenvalue weighted by Gasteiger charge is 2.18. The first-order chi connectivity index (χ1) is 9.49. The van der Waals surface area contributed by atoms with E-state index in [9.17, 15) is 4.79 Å². The van der Waals surface area contributed by atoms with E-state index in [1.165, 1.54) is 0 Å². The summed E-state index contributed by atoms with van der Waals surface area (Å²) in [6.45, 7) is 8.00. The van der Waals surface area contributed by atoms with E-state index < -0.39 is 0 Å². The maximum absolute atomic E-state index is 12.3. The minimum atomic E-state index is -0.0744. The summed E-state index contributed by atoms with van der Waals surface area (Å²) >= 11 is 0. The number of carbonyl (C=O) groups is 1. The summed E-state index contributed by atoms with van der Waals surface area (Å²) < 4.78 is 5.70. The molecule has 1 aromatic carbocycles. The van der Waals surface area contributed by atoms with Crippen molar-refractivity contribution in [1.29, 1.82) is 0 Å². The Morgan fingerprint density at radius 2 is 1.80 bits per heavy atom. The van der Waals surface area contributed by atoms with Crippen LogP contribution in [-0.4, -0.2) is 11.9 Å². The van der Waals surface area contributed by atoms with Crippen molar-refractivity contribution in [1.82, 2.24) is 5.32 Å². The normalized spacial score (nSPS) is 12.4. The Bertz CT molecular complexity index is 584. The van der Waals surface area contributed by atoms with Crippen LogP contribution in [0.1, 0.15) is 36.9 Å². The van der Waals surface area contributed by atoms with Gasteiger partial charge in [0.05, 0.1) is 5.56 Å². The zero-order valence-corrected chi connectivity index (χ0v) is 12.4. The second-order valence-corrected chi connectivity index (χ2v) is 5.45. The van der Waals surface area contributed by atoms with E-state index in [4.69, 9.17) is 4.42 Å². The molecule has 0 saturated carbocycles. The van der Waals surface area contributed by atoms with Crippen molar-refractivity contribution < 1.29 is 9.21 Å². The van der Waals surface area contributed by atoms with Gasteiger partial charge in [-0.2, -0.15) is 0 Å². The number of hydrogen-bond donors (Lipinski definition) is 1. The summed E-state index contributed by atoms with van der Waals surface area (Å²) in [6, 6.07) is 11.7. The number of aryl methyl sites for hydroxylation is 1. The number of hydrogen-bond acceptors (Lipinski definition) is 2. The number of amides is 1. The Morgan fingerprint density at radius 1 is 1.15 bits per heavy atom. The average molecular weight is 271 g/mol. The van der Waals surface area contributed by atoms with Crippen LogP contribution in [0, 0.1) is 12.8 Å². The lowest BCUT2D eigenvalue weighted by Crippen LogP contribution is -2.36. The zero-order valence-electron chi connectivity index (χ0n) is 12.4. The highest BCUT2D eigenvalue weighted by Crippen LogP contribution is 2.25. The first kappa shape index (κ1) is 14.4. The lowest BCUT2D eigenvalue weighted by Gasteiger charge is -2.16. The quantitative estimate of drug-likeness (QED) is 0.912. The van der Waals surface area contributed by atoms with Gasteiger partial charge in [-0.1, -0.05) is 44.2 Å². The van der Waals surface area contributed by atoms with Crippen LogP contribution in [0.15, 0.2) is 40.8 Å². The number of carbonyl (C=O) groups excluding carboxylic acids is 1. The van der Waals surface area contributed by atoms with Crippen molar-refractivity contribution in [2.24, 2.45) is 5.92 Å². The molecule has 1 N–H and O–H groups in total.